The summed E-state index contributed by atoms with van der Waals surface area (Å²) in [4.78, 5) is 29.5. The summed E-state index contributed by atoms with van der Waals surface area (Å²) >= 11 is 0. The zero-order chi connectivity index (χ0) is 19.0. The number of ether oxygens (including phenoxy) is 1. The molecule has 2 heterocycles. The Labute approximate surface area is 159 Å². The van der Waals surface area contributed by atoms with Crippen molar-refractivity contribution in [2.45, 2.75) is 26.2 Å². The van der Waals surface area contributed by atoms with Crippen molar-refractivity contribution >= 4 is 23.2 Å². The number of rotatable bonds is 3. The number of hydrogen-bond donors (Lipinski definition) is 0. The first kappa shape index (κ1) is 17.6. The van der Waals surface area contributed by atoms with Crippen molar-refractivity contribution in [3.63, 3.8) is 0 Å². The Bertz CT molecular complexity index is 893. The Hall–Kier alpha value is -2.82. The van der Waals surface area contributed by atoms with Crippen molar-refractivity contribution in [2.24, 2.45) is 5.92 Å². The SMILES string of the molecule is COc1ccc(C)cc1N1C[C@@H](C(=O)N2CCCc3ccccc32)CC1=O. The molecule has 0 N–H and O–H groups in total. The van der Waals surface area contributed by atoms with Crippen LogP contribution in [0, 0.1) is 12.8 Å². The topological polar surface area (TPSA) is 49.9 Å². The van der Waals surface area contributed by atoms with Gasteiger partial charge < -0.3 is 14.5 Å². The number of para-hydroxylation sites is 1. The maximum Gasteiger partial charge on any atom is 0.232 e. The fraction of sp³-hybridized carbons (Fsp3) is 0.364. The number of amides is 2. The quantitative estimate of drug-likeness (QED) is 0.839. The summed E-state index contributed by atoms with van der Waals surface area (Å²) in [6.45, 7) is 3.10. The molecule has 4 rings (SSSR count). The van der Waals surface area contributed by atoms with Gasteiger partial charge in [0, 0.05) is 25.2 Å². The van der Waals surface area contributed by atoms with Gasteiger partial charge in [-0.15, -0.1) is 0 Å². The van der Waals surface area contributed by atoms with Crippen LogP contribution < -0.4 is 14.5 Å². The molecule has 0 bridgehead atoms. The van der Waals surface area contributed by atoms with Crippen LogP contribution in [0.3, 0.4) is 0 Å². The van der Waals surface area contributed by atoms with Gasteiger partial charge in [-0.2, -0.15) is 0 Å². The Balaban J connectivity index is 1.58. The maximum atomic E-state index is 13.2. The summed E-state index contributed by atoms with van der Waals surface area (Å²) in [5.74, 6) is 0.353. The van der Waals surface area contributed by atoms with Crippen molar-refractivity contribution in [3.05, 3.63) is 53.6 Å². The largest absolute Gasteiger partial charge is 0.495 e. The lowest BCUT2D eigenvalue weighted by molar-refractivity contribution is -0.124. The summed E-state index contributed by atoms with van der Waals surface area (Å²) in [6.07, 6.45) is 2.20. The van der Waals surface area contributed by atoms with Crippen LogP contribution in [0.1, 0.15) is 24.0 Å². The third kappa shape index (κ3) is 3.18. The molecule has 0 radical (unpaired) electrons. The van der Waals surface area contributed by atoms with Gasteiger partial charge in [-0.05, 0) is 49.1 Å². The van der Waals surface area contributed by atoms with Gasteiger partial charge in [-0.25, -0.2) is 0 Å². The molecule has 2 aliphatic rings. The summed E-state index contributed by atoms with van der Waals surface area (Å²) in [7, 11) is 1.60. The lowest BCUT2D eigenvalue weighted by Crippen LogP contribution is -2.40. The van der Waals surface area contributed by atoms with Crippen LogP contribution in [0.2, 0.25) is 0 Å². The van der Waals surface area contributed by atoms with Crippen LogP contribution in [-0.2, 0) is 16.0 Å². The molecule has 5 nitrogen and oxygen atoms in total. The standard InChI is InChI=1S/C22H24N2O3/c1-15-9-10-20(27-2)19(12-15)24-14-17(13-21(24)25)22(26)23-11-5-7-16-6-3-4-8-18(16)23/h3-4,6,8-10,12,17H,5,7,11,13-14H2,1-2H3/t17-/m0/s1. The number of carbonyl (C=O) groups is 2. The fourth-order valence-electron chi connectivity index (χ4n) is 4.10. The first-order valence-corrected chi connectivity index (χ1v) is 9.43. The van der Waals surface area contributed by atoms with Gasteiger partial charge >= 0.3 is 0 Å². The Morgan fingerprint density at radius 3 is 2.78 bits per heavy atom. The molecule has 0 spiro atoms. The van der Waals surface area contributed by atoms with E-state index in [1.807, 2.05) is 48.2 Å². The molecule has 0 aliphatic carbocycles. The molecule has 2 amide bonds. The van der Waals surface area contributed by atoms with Crippen LogP contribution in [0.25, 0.3) is 0 Å². The lowest BCUT2D eigenvalue weighted by Gasteiger charge is -2.31. The summed E-state index contributed by atoms with van der Waals surface area (Å²) < 4.78 is 5.43. The molecule has 2 aromatic rings. The predicted molar refractivity (Wildman–Crippen MR) is 105 cm³/mol. The molecule has 1 fully saturated rings. The van der Waals surface area contributed by atoms with Crippen molar-refractivity contribution < 1.29 is 14.3 Å². The van der Waals surface area contributed by atoms with Crippen molar-refractivity contribution in [1.29, 1.82) is 0 Å². The summed E-state index contributed by atoms with van der Waals surface area (Å²) in [5.41, 5.74) is 4.00. The van der Waals surface area contributed by atoms with Crippen LogP contribution in [0.5, 0.6) is 5.75 Å². The average Bonchev–Trinajstić information content (AvgIpc) is 3.08. The Morgan fingerprint density at radius 2 is 1.96 bits per heavy atom. The third-order valence-electron chi connectivity index (χ3n) is 5.48. The highest BCUT2D eigenvalue weighted by atomic mass is 16.5. The van der Waals surface area contributed by atoms with E-state index in [1.54, 1.807) is 12.0 Å². The van der Waals surface area contributed by atoms with Gasteiger partial charge in [-0.1, -0.05) is 24.3 Å². The lowest BCUT2D eigenvalue weighted by atomic mass is 9.99. The number of carbonyl (C=O) groups excluding carboxylic acids is 2. The van der Waals surface area contributed by atoms with Crippen LogP contribution in [-0.4, -0.2) is 32.0 Å². The van der Waals surface area contributed by atoms with E-state index in [0.717, 1.165) is 29.8 Å². The highest BCUT2D eigenvalue weighted by Crippen LogP contribution is 2.36. The van der Waals surface area contributed by atoms with E-state index in [0.29, 0.717) is 18.8 Å². The smallest absolute Gasteiger partial charge is 0.232 e. The second kappa shape index (κ2) is 7.06. The molecule has 1 atom stereocenters. The molecule has 0 aromatic heterocycles. The third-order valence-corrected chi connectivity index (χ3v) is 5.48. The summed E-state index contributed by atoms with van der Waals surface area (Å²) in [6, 6.07) is 13.8. The van der Waals surface area contributed by atoms with Crippen LogP contribution in [0.4, 0.5) is 11.4 Å². The fourth-order valence-corrected chi connectivity index (χ4v) is 4.10. The van der Waals surface area contributed by atoms with Crippen molar-refractivity contribution in [1.82, 2.24) is 0 Å². The Kier molecular flexibility index (Phi) is 4.60. The highest BCUT2D eigenvalue weighted by molar-refractivity contribution is 6.05. The van der Waals surface area contributed by atoms with Gasteiger partial charge in [0.2, 0.25) is 11.8 Å². The second-order valence-electron chi connectivity index (χ2n) is 7.30. The van der Waals surface area contributed by atoms with Gasteiger partial charge in [0.15, 0.2) is 0 Å². The minimum absolute atomic E-state index is 0.0254. The molecule has 0 saturated carbocycles. The monoisotopic (exact) mass is 364 g/mol. The highest BCUT2D eigenvalue weighted by Gasteiger charge is 2.39. The van der Waals surface area contributed by atoms with E-state index in [1.165, 1.54) is 5.56 Å². The van der Waals surface area contributed by atoms with Crippen molar-refractivity contribution in [3.8, 4) is 5.75 Å². The van der Waals surface area contributed by atoms with E-state index >= 15 is 0 Å². The molecular weight excluding hydrogens is 340 g/mol. The molecule has 0 unspecified atom stereocenters. The normalized spacial score (nSPS) is 19.2. The zero-order valence-electron chi connectivity index (χ0n) is 15.8. The average molecular weight is 364 g/mol. The second-order valence-corrected chi connectivity index (χ2v) is 7.30. The maximum absolute atomic E-state index is 13.2. The number of fused-ring (bicyclic) bond motifs is 1. The predicted octanol–water partition coefficient (Wildman–Crippen LogP) is 3.34. The molecule has 2 aromatic carbocycles. The minimum Gasteiger partial charge on any atom is -0.495 e. The number of methoxy groups -OCH3 is 1. The van der Waals surface area contributed by atoms with E-state index < -0.39 is 0 Å². The van der Waals surface area contributed by atoms with E-state index in [4.69, 9.17) is 4.74 Å². The number of anilines is 2. The summed E-state index contributed by atoms with van der Waals surface area (Å²) in [5, 5.41) is 0. The van der Waals surface area contributed by atoms with Gasteiger partial charge in [0.05, 0.1) is 18.7 Å². The molecular formula is C22H24N2O3. The number of nitrogens with zero attached hydrogens (tertiary/aromatic N) is 2. The van der Waals surface area contributed by atoms with Crippen molar-refractivity contribution in [2.75, 3.05) is 30.0 Å². The molecule has 1 saturated heterocycles. The van der Waals surface area contributed by atoms with Crippen LogP contribution >= 0.6 is 0 Å². The van der Waals surface area contributed by atoms with Crippen LogP contribution in [0.15, 0.2) is 42.5 Å². The van der Waals surface area contributed by atoms with Gasteiger partial charge in [0.25, 0.3) is 0 Å². The molecule has 140 valence electrons. The first-order chi connectivity index (χ1) is 13.1. The van der Waals surface area contributed by atoms with E-state index in [2.05, 4.69) is 6.07 Å². The van der Waals surface area contributed by atoms with E-state index in [-0.39, 0.29) is 24.2 Å². The zero-order valence-corrected chi connectivity index (χ0v) is 15.8. The number of aryl methyl sites for hydroxylation is 2. The van der Waals surface area contributed by atoms with E-state index in [9.17, 15) is 9.59 Å². The number of benzene rings is 2. The number of hydrogen-bond acceptors (Lipinski definition) is 3. The molecule has 5 heteroatoms. The van der Waals surface area contributed by atoms with Gasteiger partial charge in [0.1, 0.15) is 5.75 Å². The molecule has 27 heavy (non-hydrogen) atoms. The molecule has 2 aliphatic heterocycles. The minimum atomic E-state index is -0.325. The van der Waals surface area contributed by atoms with Gasteiger partial charge in [-0.3, -0.25) is 9.59 Å². The Morgan fingerprint density at radius 1 is 1.15 bits per heavy atom. The first-order valence-electron chi connectivity index (χ1n) is 9.43.